The van der Waals surface area contributed by atoms with Gasteiger partial charge in [-0.3, -0.25) is 0 Å². The lowest BCUT2D eigenvalue weighted by molar-refractivity contribution is -0.138. The Bertz CT molecular complexity index is 649. The van der Waals surface area contributed by atoms with Crippen LogP contribution in [0.25, 0.3) is 0 Å². The van der Waals surface area contributed by atoms with E-state index in [1.54, 1.807) is 6.07 Å². The van der Waals surface area contributed by atoms with E-state index in [-0.39, 0.29) is 5.69 Å². The molecular formula is C14H10BrF2NO2. The van der Waals surface area contributed by atoms with Crippen molar-refractivity contribution >= 4 is 27.6 Å². The molecule has 0 aromatic heterocycles. The third-order valence-electron chi connectivity index (χ3n) is 2.69. The number of anilines is 1. The van der Waals surface area contributed by atoms with E-state index >= 15 is 0 Å². The van der Waals surface area contributed by atoms with Gasteiger partial charge in [0.25, 0.3) is 0 Å². The van der Waals surface area contributed by atoms with Gasteiger partial charge in [-0.1, -0.05) is 34.1 Å². The first kappa shape index (κ1) is 14.5. The number of hydrogen-bond donors (Lipinski definition) is 2. The summed E-state index contributed by atoms with van der Waals surface area (Å²) >= 11 is 3.11. The predicted octanol–water partition coefficient (Wildman–Crippen LogP) is 3.97. The summed E-state index contributed by atoms with van der Waals surface area (Å²) in [6, 6.07) is 8.21. The number of hydrogen-bond acceptors (Lipinski definition) is 2. The minimum atomic E-state index is -1.19. The van der Waals surface area contributed by atoms with Crippen molar-refractivity contribution in [3.05, 3.63) is 64.1 Å². The third kappa shape index (κ3) is 3.14. The fourth-order valence-corrected chi connectivity index (χ4v) is 2.32. The van der Waals surface area contributed by atoms with E-state index in [4.69, 9.17) is 0 Å². The van der Waals surface area contributed by atoms with E-state index in [0.717, 1.165) is 12.1 Å². The Kier molecular flexibility index (Phi) is 4.34. The maximum atomic E-state index is 13.6. The summed E-state index contributed by atoms with van der Waals surface area (Å²) in [5.74, 6) is -2.24. The molecule has 0 aliphatic carbocycles. The van der Waals surface area contributed by atoms with Crippen LogP contribution in [0.2, 0.25) is 0 Å². The van der Waals surface area contributed by atoms with Crippen LogP contribution in [0, 0.1) is 11.6 Å². The average molecular weight is 342 g/mol. The molecular weight excluding hydrogens is 332 g/mol. The van der Waals surface area contributed by atoms with Gasteiger partial charge in [-0.05, 0) is 29.8 Å². The summed E-state index contributed by atoms with van der Waals surface area (Å²) in [6.07, 6.45) is 0. The van der Waals surface area contributed by atoms with Crippen LogP contribution in [-0.4, -0.2) is 11.1 Å². The predicted molar refractivity (Wildman–Crippen MR) is 74.5 cm³/mol. The summed E-state index contributed by atoms with van der Waals surface area (Å²) < 4.78 is 26.9. The summed E-state index contributed by atoms with van der Waals surface area (Å²) in [5, 5.41) is 11.9. The number of rotatable bonds is 4. The van der Waals surface area contributed by atoms with Crippen LogP contribution in [0.5, 0.6) is 0 Å². The molecule has 1 unspecified atom stereocenters. The normalized spacial score (nSPS) is 11.9. The van der Waals surface area contributed by atoms with E-state index in [9.17, 15) is 18.7 Å². The van der Waals surface area contributed by atoms with Crippen molar-refractivity contribution in [2.75, 3.05) is 5.32 Å². The maximum absolute atomic E-state index is 13.6. The monoisotopic (exact) mass is 341 g/mol. The second-order valence-corrected chi connectivity index (χ2v) is 4.92. The minimum absolute atomic E-state index is 0.0659. The fraction of sp³-hybridized carbons (Fsp3) is 0.0714. The first-order chi connectivity index (χ1) is 9.49. The molecule has 2 aromatic carbocycles. The van der Waals surface area contributed by atoms with Crippen molar-refractivity contribution in [2.24, 2.45) is 0 Å². The van der Waals surface area contributed by atoms with E-state index < -0.39 is 23.6 Å². The molecule has 0 bridgehead atoms. The Morgan fingerprint density at radius 1 is 1.20 bits per heavy atom. The van der Waals surface area contributed by atoms with E-state index in [0.29, 0.717) is 10.0 Å². The highest BCUT2D eigenvalue weighted by Gasteiger charge is 2.23. The second kappa shape index (κ2) is 6.00. The second-order valence-electron chi connectivity index (χ2n) is 4.06. The molecule has 3 nitrogen and oxygen atoms in total. The van der Waals surface area contributed by atoms with Crippen molar-refractivity contribution in [1.82, 2.24) is 0 Å². The zero-order valence-electron chi connectivity index (χ0n) is 10.1. The summed E-state index contributed by atoms with van der Waals surface area (Å²) in [4.78, 5) is 11.4. The molecule has 0 radical (unpaired) electrons. The molecule has 104 valence electrons. The maximum Gasteiger partial charge on any atom is 0.330 e. The standard InChI is InChI=1S/C14H10BrF2NO2/c15-10-7-8(16)5-6-9(10)13(14(19)20)18-12-4-2-1-3-11(12)17/h1-7,13,18H,(H,19,20). The number of carbonyl (C=O) groups is 1. The molecule has 0 spiro atoms. The van der Waals surface area contributed by atoms with Crippen LogP contribution in [0.3, 0.4) is 0 Å². The Hall–Kier alpha value is -1.95. The molecule has 1 atom stereocenters. The number of nitrogens with one attached hydrogen (secondary N) is 1. The Labute approximate surface area is 122 Å². The Morgan fingerprint density at radius 3 is 2.50 bits per heavy atom. The van der Waals surface area contributed by atoms with Crippen LogP contribution < -0.4 is 5.32 Å². The highest BCUT2D eigenvalue weighted by Crippen LogP contribution is 2.28. The van der Waals surface area contributed by atoms with Gasteiger partial charge in [-0.25, -0.2) is 13.6 Å². The minimum Gasteiger partial charge on any atom is -0.479 e. The van der Waals surface area contributed by atoms with Gasteiger partial charge in [-0.15, -0.1) is 0 Å². The molecule has 0 aliphatic heterocycles. The van der Waals surface area contributed by atoms with Crippen LogP contribution in [0.4, 0.5) is 14.5 Å². The third-order valence-corrected chi connectivity index (χ3v) is 3.38. The van der Waals surface area contributed by atoms with Crippen molar-refractivity contribution in [3.63, 3.8) is 0 Å². The number of aliphatic carboxylic acids is 1. The molecule has 0 heterocycles. The van der Waals surface area contributed by atoms with E-state index in [1.807, 2.05) is 0 Å². The molecule has 2 rings (SSSR count). The number of halogens is 3. The van der Waals surface area contributed by atoms with Crippen molar-refractivity contribution in [1.29, 1.82) is 0 Å². The van der Waals surface area contributed by atoms with Crippen molar-refractivity contribution < 1.29 is 18.7 Å². The molecule has 20 heavy (non-hydrogen) atoms. The quantitative estimate of drug-likeness (QED) is 0.884. The lowest BCUT2D eigenvalue weighted by Gasteiger charge is -2.18. The van der Waals surface area contributed by atoms with Gasteiger partial charge in [0.05, 0.1) is 5.69 Å². The molecule has 2 aromatic rings. The molecule has 0 fully saturated rings. The van der Waals surface area contributed by atoms with Gasteiger partial charge in [0, 0.05) is 4.47 Å². The van der Waals surface area contributed by atoms with Crippen molar-refractivity contribution in [3.8, 4) is 0 Å². The van der Waals surface area contributed by atoms with Gasteiger partial charge in [0.15, 0.2) is 6.04 Å². The van der Waals surface area contributed by atoms with Crippen LogP contribution in [0.15, 0.2) is 46.9 Å². The number of carboxylic acids is 1. The summed E-state index contributed by atoms with van der Waals surface area (Å²) in [5.41, 5.74) is 0.373. The zero-order valence-corrected chi connectivity index (χ0v) is 11.7. The molecule has 6 heteroatoms. The van der Waals surface area contributed by atoms with Gasteiger partial charge >= 0.3 is 5.97 Å². The van der Waals surface area contributed by atoms with Crippen LogP contribution >= 0.6 is 15.9 Å². The molecule has 0 saturated heterocycles. The van der Waals surface area contributed by atoms with Gasteiger partial charge in [0.2, 0.25) is 0 Å². The van der Waals surface area contributed by atoms with Gasteiger partial charge in [0.1, 0.15) is 11.6 Å². The van der Waals surface area contributed by atoms with Gasteiger partial charge < -0.3 is 10.4 Å². The number of para-hydroxylation sites is 1. The smallest absolute Gasteiger partial charge is 0.330 e. The Morgan fingerprint density at radius 2 is 1.90 bits per heavy atom. The van der Waals surface area contributed by atoms with Gasteiger partial charge in [-0.2, -0.15) is 0 Å². The average Bonchev–Trinajstić information content (AvgIpc) is 2.38. The lowest BCUT2D eigenvalue weighted by atomic mass is 10.1. The first-order valence-electron chi connectivity index (χ1n) is 5.68. The van der Waals surface area contributed by atoms with Crippen LogP contribution in [0.1, 0.15) is 11.6 Å². The largest absolute Gasteiger partial charge is 0.479 e. The summed E-state index contributed by atoms with van der Waals surface area (Å²) in [7, 11) is 0. The Balaban J connectivity index is 2.37. The highest BCUT2D eigenvalue weighted by atomic mass is 79.9. The number of carboxylic acid groups (broad SMARTS) is 1. The van der Waals surface area contributed by atoms with E-state index in [2.05, 4.69) is 21.2 Å². The zero-order chi connectivity index (χ0) is 14.7. The fourth-order valence-electron chi connectivity index (χ4n) is 1.74. The summed E-state index contributed by atoms with van der Waals surface area (Å²) in [6.45, 7) is 0. The highest BCUT2D eigenvalue weighted by molar-refractivity contribution is 9.10. The molecule has 2 N–H and O–H groups in total. The van der Waals surface area contributed by atoms with Crippen molar-refractivity contribution in [2.45, 2.75) is 6.04 Å². The molecule has 0 amide bonds. The van der Waals surface area contributed by atoms with E-state index in [1.165, 1.54) is 24.3 Å². The molecule has 0 saturated carbocycles. The number of benzene rings is 2. The van der Waals surface area contributed by atoms with Crippen LogP contribution in [-0.2, 0) is 4.79 Å². The lowest BCUT2D eigenvalue weighted by Crippen LogP contribution is -2.21. The SMILES string of the molecule is O=C(O)C(Nc1ccccc1F)c1ccc(F)cc1Br. The topological polar surface area (TPSA) is 49.3 Å². The molecule has 0 aliphatic rings. The first-order valence-corrected chi connectivity index (χ1v) is 6.47.